The third-order valence-corrected chi connectivity index (χ3v) is 13.3. The SMILES string of the molecule is c1ccc2c(c1)Oc1cc3c(cc1C21c2ccccc2-n2c4ccccc4c4cccc1c42)c1ccccc1n3-c1ccc(-n2c3ccccc3c3ccccc32)cc1. The minimum atomic E-state index is -0.633. The second-order valence-electron chi connectivity index (χ2n) is 16.0. The quantitative estimate of drug-likeness (QED) is 0.173. The average Bonchev–Trinajstić information content (AvgIpc) is 3.93. The highest BCUT2D eigenvalue weighted by atomic mass is 16.5. The van der Waals surface area contributed by atoms with Crippen LogP contribution in [0.3, 0.4) is 0 Å². The van der Waals surface area contributed by atoms with Gasteiger partial charge in [-0.15, -0.1) is 0 Å². The Morgan fingerprint density at radius 2 is 0.780 bits per heavy atom. The fraction of sp³-hybridized carbons (Fsp3) is 0.0182. The molecule has 12 aromatic rings. The Bertz CT molecular complexity index is 3710. The Morgan fingerprint density at radius 1 is 0.305 bits per heavy atom. The van der Waals surface area contributed by atoms with Crippen molar-refractivity contribution in [2.45, 2.75) is 5.41 Å². The molecule has 0 saturated carbocycles. The van der Waals surface area contributed by atoms with E-state index in [0.717, 1.165) is 45.0 Å². The minimum Gasteiger partial charge on any atom is -0.457 e. The van der Waals surface area contributed by atoms with Crippen LogP contribution in [-0.4, -0.2) is 13.7 Å². The number of rotatable bonds is 2. The van der Waals surface area contributed by atoms with Crippen molar-refractivity contribution in [1.29, 1.82) is 0 Å². The van der Waals surface area contributed by atoms with Crippen LogP contribution in [0.2, 0.25) is 0 Å². The molecule has 14 rings (SSSR count). The van der Waals surface area contributed by atoms with E-state index in [2.05, 4.69) is 214 Å². The summed E-state index contributed by atoms with van der Waals surface area (Å²) in [5.74, 6) is 1.76. The summed E-state index contributed by atoms with van der Waals surface area (Å²) >= 11 is 0. The van der Waals surface area contributed by atoms with Crippen molar-refractivity contribution >= 4 is 65.4 Å². The van der Waals surface area contributed by atoms with Gasteiger partial charge in [0.1, 0.15) is 11.5 Å². The van der Waals surface area contributed by atoms with Crippen molar-refractivity contribution in [3.63, 3.8) is 0 Å². The van der Waals surface area contributed by atoms with E-state index in [-0.39, 0.29) is 0 Å². The Hall–Kier alpha value is -7.82. The van der Waals surface area contributed by atoms with Crippen LogP contribution < -0.4 is 4.74 Å². The molecule has 1 atom stereocenters. The first-order chi connectivity index (χ1) is 29.3. The molecule has 274 valence electrons. The number of ether oxygens (including phenoxy) is 1. The van der Waals surface area contributed by atoms with E-state index in [4.69, 9.17) is 4.74 Å². The number of hydrogen-bond donors (Lipinski definition) is 0. The van der Waals surface area contributed by atoms with Crippen LogP contribution >= 0.6 is 0 Å². The van der Waals surface area contributed by atoms with Gasteiger partial charge in [-0.3, -0.25) is 0 Å². The molecule has 9 aromatic carbocycles. The lowest BCUT2D eigenvalue weighted by Crippen LogP contribution is -2.37. The van der Waals surface area contributed by atoms with Crippen molar-refractivity contribution in [3.8, 4) is 28.6 Å². The maximum Gasteiger partial charge on any atom is 0.134 e. The molecule has 4 nitrogen and oxygen atoms in total. The molecule has 0 N–H and O–H groups in total. The van der Waals surface area contributed by atoms with Crippen LogP contribution in [0.25, 0.3) is 82.5 Å². The lowest BCUT2D eigenvalue weighted by Gasteiger charge is -2.45. The first kappa shape index (κ1) is 31.3. The van der Waals surface area contributed by atoms with Gasteiger partial charge in [-0.05, 0) is 77.9 Å². The normalized spacial score (nSPS) is 15.3. The molecular formula is C55H33N3O. The number of nitrogens with zero attached hydrogens (tertiary/aromatic N) is 3. The Balaban J connectivity index is 1.05. The molecule has 2 aliphatic rings. The molecule has 3 aromatic heterocycles. The van der Waals surface area contributed by atoms with Gasteiger partial charge in [-0.2, -0.15) is 0 Å². The molecule has 1 unspecified atom stereocenters. The predicted octanol–water partition coefficient (Wildman–Crippen LogP) is 13.8. The number of hydrogen-bond acceptors (Lipinski definition) is 1. The van der Waals surface area contributed by atoms with E-state index >= 15 is 0 Å². The number of fused-ring (bicyclic) bond motifs is 17. The summed E-state index contributed by atoms with van der Waals surface area (Å²) in [5, 5.41) is 7.46. The third kappa shape index (κ3) is 3.84. The van der Waals surface area contributed by atoms with E-state index in [1.807, 2.05) is 0 Å². The Morgan fingerprint density at radius 3 is 1.44 bits per heavy atom. The maximum atomic E-state index is 7.08. The van der Waals surface area contributed by atoms with E-state index in [0.29, 0.717) is 0 Å². The molecule has 5 heterocycles. The molecule has 0 fully saturated rings. The highest BCUT2D eigenvalue weighted by Gasteiger charge is 2.50. The summed E-state index contributed by atoms with van der Waals surface area (Å²) < 4.78 is 14.4. The van der Waals surface area contributed by atoms with Gasteiger partial charge in [0.15, 0.2) is 0 Å². The first-order valence-electron chi connectivity index (χ1n) is 20.4. The van der Waals surface area contributed by atoms with E-state index in [1.54, 1.807) is 0 Å². The van der Waals surface area contributed by atoms with Crippen molar-refractivity contribution in [2.75, 3.05) is 0 Å². The molecule has 2 aliphatic heterocycles. The van der Waals surface area contributed by atoms with E-state index < -0.39 is 5.41 Å². The summed E-state index contributed by atoms with van der Waals surface area (Å²) in [6, 6.07) is 73.4. The van der Waals surface area contributed by atoms with Crippen LogP contribution in [0.5, 0.6) is 11.5 Å². The van der Waals surface area contributed by atoms with Gasteiger partial charge in [-0.25, -0.2) is 0 Å². The van der Waals surface area contributed by atoms with Crippen LogP contribution in [0.4, 0.5) is 0 Å². The third-order valence-electron chi connectivity index (χ3n) is 13.3. The molecule has 0 amide bonds. The monoisotopic (exact) mass is 751 g/mol. The van der Waals surface area contributed by atoms with Crippen LogP contribution in [0, 0.1) is 0 Å². The second kappa shape index (κ2) is 11.2. The van der Waals surface area contributed by atoms with Gasteiger partial charge >= 0.3 is 0 Å². The van der Waals surface area contributed by atoms with Crippen molar-refractivity contribution in [2.24, 2.45) is 0 Å². The van der Waals surface area contributed by atoms with Crippen LogP contribution in [0.15, 0.2) is 200 Å². The molecule has 0 bridgehead atoms. The molecule has 1 spiro atoms. The first-order valence-corrected chi connectivity index (χ1v) is 20.4. The topological polar surface area (TPSA) is 24.0 Å². The zero-order valence-electron chi connectivity index (χ0n) is 31.8. The van der Waals surface area contributed by atoms with E-state index in [9.17, 15) is 0 Å². The minimum absolute atomic E-state index is 0.633. The summed E-state index contributed by atoms with van der Waals surface area (Å²) in [6.07, 6.45) is 0. The molecule has 0 saturated heterocycles. The standard InChI is InChI=1S/C55H33N3O/c1-7-22-46-36(14-1)37-15-2-8-23-47(37)56(46)34-28-30-35(31-29-34)57-48-24-9-4-17-39(48)41-32-45-53(33-51(41)57)59-52-27-12-6-20-43(52)55(45)42-19-5-11-26-50(42)58-49-25-10-3-16-38(49)40-18-13-21-44(55)54(40)58/h1-33H. The maximum absolute atomic E-state index is 7.08. The highest BCUT2D eigenvalue weighted by Crippen LogP contribution is 2.61. The Kier molecular flexibility index (Phi) is 5.93. The van der Waals surface area contributed by atoms with Gasteiger partial charge in [-0.1, -0.05) is 127 Å². The number of para-hydroxylation sites is 7. The van der Waals surface area contributed by atoms with Gasteiger partial charge in [0, 0.05) is 60.9 Å². The van der Waals surface area contributed by atoms with Crippen molar-refractivity contribution in [1.82, 2.24) is 13.7 Å². The molecule has 59 heavy (non-hydrogen) atoms. The van der Waals surface area contributed by atoms with Gasteiger partial charge in [0.2, 0.25) is 0 Å². The lowest BCUT2D eigenvalue weighted by molar-refractivity contribution is 0.434. The van der Waals surface area contributed by atoms with Gasteiger partial charge < -0.3 is 18.4 Å². The lowest BCUT2D eigenvalue weighted by atomic mass is 9.61. The summed E-state index contributed by atoms with van der Waals surface area (Å²) in [6.45, 7) is 0. The van der Waals surface area contributed by atoms with Crippen molar-refractivity contribution in [3.05, 3.63) is 222 Å². The molecule has 0 aliphatic carbocycles. The summed E-state index contributed by atoms with van der Waals surface area (Å²) in [4.78, 5) is 0. The van der Waals surface area contributed by atoms with Gasteiger partial charge in [0.05, 0.1) is 44.2 Å². The smallest absolute Gasteiger partial charge is 0.134 e. The highest BCUT2D eigenvalue weighted by molar-refractivity contribution is 6.14. The fourth-order valence-electron chi connectivity index (χ4n) is 11.0. The fourth-order valence-corrected chi connectivity index (χ4v) is 11.0. The molecule has 4 heteroatoms. The van der Waals surface area contributed by atoms with Crippen LogP contribution in [-0.2, 0) is 5.41 Å². The summed E-state index contributed by atoms with van der Waals surface area (Å²) in [5.41, 5.74) is 14.8. The van der Waals surface area contributed by atoms with Gasteiger partial charge in [0.25, 0.3) is 0 Å². The van der Waals surface area contributed by atoms with E-state index in [1.165, 1.54) is 71.2 Å². The molecule has 0 radical (unpaired) electrons. The number of benzene rings is 9. The van der Waals surface area contributed by atoms with Crippen LogP contribution in [0.1, 0.15) is 22.3 Å². The predicted molar refractivity (Wildman–Crippen MR) is 241 cm³/mol. The zero-order valence-corrected chi connectivity index (χ0v) is 31.8. The van der Waals surface area contributed by atoms with Crippen molar-refractivity contribution < 1.29 is 4.74 Å². The molecular weight excluding hydrogens is 719 g/mol. The number of aromatic nitrogens is 3. The average molecular weight is 752 g/mol. The second-order valence-corrected chi connectivity index (χ2v) is 16.0. The largest absolute Gasteiger partial charge is 0.457 e. The summed E-state index contributed by atoms with van der Waals surface area (Å²) in [7, 11) is 0. The Labute approximate surface area is 339 Å². The zero-order chi connectivity index (χ0) is 38.4.